The van der Waals surface area contributed by atoms with Crippen LogP contribution in [0.2, 0.25) is 5.02 Å². The molecule has 1 amide bonds. The van der Waals surface area contributed by atoms with Crippen molar-refractivity contribution in [2.24, 2.45) is 0 Å². The van der Waals surface area contributed by atoms with Gasteiger partial charge in [-0.2, -0.15) is 0 Å². The van der Waals surface area contributed by atoms with Crippen LogP contribution in [0.25, 0.3) is 0 Å². The highest BCUT2D eigenvalue weighted by molar-refractivity contribution is 6.30. The fraction of sp³-hybridized carbons (Fsp3) is 0.350. The second-order valence-corrected chi connectivity index (χ2v) is 6.43. The molecule has 0 aromatic heterocycles. The number of nitrogens with one attached hydrogen (secondary N) is 1. The third kappa shape index (κ3) is 5.93. The van der Waals surface area contributed by atoms with Crippen molar-refractivity contribution in [1.29, 1.82) is 0 Å². The predicted octanol–water partition coefficient (Wildman–Crippen LogP) is 3.36. The maximum atomic E-state index is 12.4. The first-order valence-corrected chi connectivity index (χ1v) is 8.87. The van der Waals surface area contributed by atoms with Crippen molar-refractivity contribution in [2.45, 2.75) is 19.5 Å². The van der Waals surface area contributed by atoms with E-state index in [1.807, 2.05) is 55.3 Å². The van der Waals surface area contributed by atoms with Crippen LogP contribution in [0.15, 0.2) is 48.5 Å². The first-order chi connectivity index (χ1) is 12.5. The number of ether oxygens (including phenoxy) is 2. The molecule has 0 saturated heterocycles. The number of likely N-dealkylation sites (N-methyl/N-ethyl adjacent to an activating group) is 1. The Labute approximate surface area is 159 Å². The zero-order chi connectivity index (χ0) is 18.9. The van der Waals surface area contributed by atoms with Gasteiger partial charge >= 0.3 is 0 Å². The van der Waals surface area contributed by atoms with E-state index in [0.717, 1.165) is 17.1 Å². The number of carbonyl (C=O) groups excluding carboxylic acids is 1. The van der Waals surface area contributed by atoms with Crippen LogP contribution in [0.3, 0.4) is 0 Å². The minimum absolute atomic E-state index is 0.0371. The molecular weight excluding hydrogens is 352 g/mol. The molecule has 0 spiro atoms. The first-order valence-electron chi connectivity index (χ1n) is 8.49. The zero-order valence-corrected chi connectivity index (χ0v) is 16.1. The average Bonchev–Trinajstić information content (AvgIpc) is 2.67. The highest BCUT2D eigenvalue weighted by Gasteiger charge is 2.18. The summed E-state index contributed by atoms with van der Waals surface area (Å²) in [4.78, 5) is 14.3. The summed E-state index contributed by atoms with van der Waals surface area (Å²) in [6.07, 6.45) is 0. The summed E-state index contributed by atoms with van der Waals surface area (Å²) in [5.41, 5.74) is 0.948. The Morgan fingerprint density at radius 3 is 2.58 bits per heavy atom. The van der Waals surface area contributed by atoms with Crippen LogP contribution in [-0.2, 0) is 11.3 Å². The van der Waals surface area contributed by atoms with E-state index >= 15 is 0 Å². The standard InChI is InChI=1S/C20H25ClN2O3/c1-15(20(24)22-14-16-6-4-5-7-19(16)25-3)23(2)12-13-26-18-10-8-17(21)9-11-18/h4-11,15H,12-14H2,1-3H3,(H,22,24). The van der Waals surface area contributed by atoms with Gasteiger partial charge < -0.3 is 14.8 Å². The van der Waals surface area contributed by atoms with Crippen molar-refractivity contribution in [3.05, 3.63) is 59.1 Å². The molecule has 0 fully saturated rings. The summed E-state index contributed by atoms with van der Waals surface area (Å²) in [6, 6.07) is 14.6. The van der Waals surface area contributed by atoms with Crippen LogP contribution >= 0.6 is 11.6 Å². The van der Waals surface area contributed by atoms with Crippen molar-refractivity contribution < 1.29 is 14.3 Å². The lowest BCUT2D eigenvalue weighted by atomic mass is 10.2. The van der Waals surface area contributed by atoms with Crippen LogP contribution in [0.5, 0.6) is 11.5 Å². The molecular formula is C20H25ClN2O3. The number of rotatable bonds is 9. The van der Waals surface area contributed by atoms with Crippen molar-refractivity contribution in [3.63, 3.8) is 0 Å². The lowest BCUT2D eigenvalue weighted by molar-refractivity contribution is -0.125. The maximum Gasteiger partial charge on any atom is 0.237 e. The van der Waals surface area contributed by atoms with Gasteiger partial charge in [-0.25, -0.2) is 0 Å². The van der Waals surface area contributed by atoms with E-state index in [1.165, 1.54) is 0 Å². The summed E-state index contributed by atoms with van der Waals surface area (Å²) < 4.78 is 11.0. The summed E-state index contributed by atoms with van der Waals surface area (Å²) in [5, 5.41) is 3.63. The Balaban J connectivity index is 1.76. The molecule has 0 aliphatic rings. The maximum absolute atomic E-state index is 12.4. The second-order valence-electron chi connectivity index (χ2n) is 5.99. The van der Waals surface area contributed by atoms with Crippen molar-refractivity contribution >= 4 is 17.5 Å². The molecule has 2 rings (SSSR count). The third-order valence-electron chi connectivity index (χ3n) is 4.21. The summed E-state index contributed by atoms with van der Waals surface area (Å²) in [5.74, 6) is 1.49. The summed E-state index contributed by atoms with van der Waals surface area (Å²) >= 11 is 5.85. The fourth-order valence-corrected chi connectivity index (χ4v) is 2.54. The number of methoxy groups -OCH3 is 1. The number of para-hydroxylation sites is 1. The summed E-state index contributed by atoms with van der Waals surface area (Å²) in [7, 11) is 3.52. The van der Waals surface area contributed by atoms with Crippen LogP contribution in [0.4, 0.5) is 0 Å². The number of hydrogen-bond donors (Lipinski definition) is 1. The number of benzene rings is 2. The Morgan fingerprint density at radius 1 is 1.19 bits per heavy atom. The van der Waals surface area contributed by atoms with E-state index in [4.69, 9.17) is 21.1 Å². The van der Waals surface area contributed by atoms with Crippen molar-refractivity contribution in [1.82, 2.24) is 10.2 Å². The molecule has 5 nitrogen and oxygen atoms in total. The lowest BCUT2D eigenvalue weighted by Gasteiger charge is -2.24. The molecule has 0 bridgehead atoms. The number of hydrogen-bond acceptors (Lipinski definition) is 4. The Bertz CT molecular complexity index is 706. The predicted molar refractivity (Wildman–Crippen MR) is 104 cm³/mol. The lowest BCUT2D eigenvalue weighted by Crippen LogP contribution is -2.44. The van der Waals surface area contributed by atoms with Gasteiger partial charge in [-0.1, -0.05) is 29.8 Å². The molecule has 26 heavy (non-hydrogen) atoms. The average molecular weight is 377 g/mol. The van der Waals surface area contributed by atoms with Crippen molar-refractivity contribution in [3.8, 4) is 11.5 Å². The van der Waals surface area contributed by atoms with Gasteiger partial charge in [0.05, 0.1) is 13.2 Å². The van der Waals surface area contributed by atoms with E-state index in [9.17, 15) is 4.79 Å². The topological polar surface area (TPSA) is 50.8 Å². The molecule has 1 atom stereocenters. The van der Waals surface area contributed by atoms with E-state index in [1.54, 1.807) is 19.2 Å². The highest BCUT2D eigenvalue weighted by atomic mass is 35.5. The van der Waals surface area contributed by atoms with E-state index < -0.39 is 0 Å². The van der Waals surface area contributed by atoms with E-state index in [-0.39, 0.29) is 11.9 Å². The van der Waals surface area contributed by atoms with Gasteiger partial charge in [0.1, 0.15) is 18.1 Å². The molecule has 0 saturated carbocycles. The molecule has 140 valence electrons. The molecule has 2 aromatic rings. The Hall–Kier alpha value is -2.24. The third-order valence-corrected chi connectivity index (χ3v) is 4.46. The van der Waals surface area contributed by atoms with Crippen LogP contribution < -0.4 is 14.8 Å². The largest absolute Gasteiger partial charge is 0.496 e. The first kappa shape index (κ1) is 20.1. The normalized spacial score (nSPS) is 11.9. The van der Waals surface area contributed by atoms with Gasteiger partial charge in [0.2, 0.25) is 5.91 Å². The molecule has 0 aliphatic heterocycles. The Kier molecular flexibility index (Phi) is 7.75. The van der Waals surface area contributed by atoms with Crippen molar-refractivity contribution in [2.75, 3.05) is 27.3 Å². The van der Waals surface area contributed by atoms with Crippen LogP contribution in [0.1, 0.15) is 12.5 Å². The fourth-order valence-electron chi connectivity index (χ4n) is 2.41. The molecule has 0 radical (unpaired) electrons. The summed E-state index contributed by atoms with van der Waals surface area (Å²) in [6.45, 7) is 3.43. The monoisotopic (exact) mass is 376 g/mol. The van der Waals surface area contributed by atoms with Gasteiger partial charge in [-0.15, -0.1) is 0 Å². The van der Waals surface area contributed by atoms with E-state index in [0.29, 0.717) is 24.7 Å². The molecule has 6 heteroatoms. The molecule has 1 N–H and O–H groups in total. The van der Waals surface area contributed by atoms with Gasteiger partial charge in [0, 0.05) is 23.7 Å². The number of amides is 1. The molecule has 0 heterocycles. The van der Waals surface area contributed by atoms with Crippen LogP contribution in [0, 0.1) is 0 Å². The second kappa shape index (κ2) is 10.0. The van der Waals surface area contributed by atoms with Gasteiger partial charge in [0.25, 0.3) is 0 Å². The highest BCUT2D eigenvalue weighted by Crippen LogP contribution is 2.17. The van der Waals surface area contributed by atoms with Gasteiger partial charge in [-0.05, 0) is 44.3 Å². The number of nitrogens with zero attached hydrogens (tertiary/aromatic N) is 1. The Morgan fingerprint density at radius 2 is 1.88 bits per heavy atom. The smallest absolute Gasteiger partial charge is 0.237 e. The molecule has 2 aromatic carbocycles. The van der Waals surface area contributed by atoms with Gasteiger partial charge in [0.15, 0.2) is 0 Å². The minimum Gasteiger partial charge on any atom is -0.496 e. The van der Waals surface area contributed by atoms with Gasteiger partial charge in [-0.3, -0.25) is 9.69 Å². The quantitative estimate of drug-likeness (QED) is 0.729. The zero-order valence-electron chi connectivity index (χ0n) is 15.4. The minimum atomic E-state index is -0.265. The number of halogens is 1. The van der Waals surface area contributed by atoms with Crippen LogP contribution in [-0.4, -0.2) is 44.2 Å². The number of carbonyl (C=O) groups is 1. The molecule has 1 unspecified atom stereocenters. The molecule has 0 aliphatic carbocycles. The van der Waals surface area contributed by atoms with E-state index in [2.05, 4.69) is 5.32 Å². The SMILES string of the molecule is COc1ccccc1CNC(=O)C(C)N(C)CCOc1ccc(Cl)cc1.